The minimum Gasteiger partial charge on any atom is -0.457 e. The third-order valence-electron chi connectivity index (χ3n) is 5.52. The lowest BCUT2D eigenvalue weighted by atomic mass is 10.1. The highest BCUT2D eigenvalue weighted by molar-refractivity contribution is 6.04. The monoisotopic (exact) mass is 472 g/mol. The average molecular weight is 473 g/mol. The van der Waals surface area contributed by atoms with Crippen LogP contribution in [0.1, 0.15) is 15.9 Å². The van der Waals surface area contributed by atoms with E-state index in [1.807, 2.05) is 91.0 Å². The van der Waals surface area contributed by atoms with Crippen molar-refractivity contribution in [1.82, 2.24) is 10.2 Å². The Kier molecular flexibility index (Phi) is 6.67. The number of para-hydroxylation sites is 1. The van der Waals surface area contributed by atoms with Gasteiger partial charge in [0.15, 0.2) is 5.82 Å². The lowest BCUT2D eigenvalue weighted by Crippen LogP contribution is -2.11. The zero-order chi connectivity index (χ0) is 24.7. The summed E-state index contributed by atoms with van der Waals surface area (Å²) in [6.07, 6.45) is 0. The molecule has 0 fully saturated rings. The van der Waals surface area contributed by atoms with Crippen molar-refractivity contribution in [3.05, 3.63) is 126 Å². The maximum absolute atomic E-state index is 12.7. The Morgan fingerprint density at radius 2 is 1.33 bits per heavy atom. The molecule has 0 unspecified atom stereocenters. The van der Waals surface area contributed by atoms with Crippen molar-refractivity contribution in [3.63, 3.8) is 0 Å². The van der Waals surface area contributed by atoms with Crippen LogP contribution in [-0.2, 0) is 0 Å². The zero-order valence-corrected chi connectivity index (χ0v) is 19.7. The largest absolute Gasteiger partial charge is 0.457 e. The van der Waals surface area contributed by atoms with Gasteiger partial charge in [-0.15, -0.1) is 10.2 Å². The number of rotatable bonds is 7. The van der Waals surface area contributed by atoms with Crippen LogP contribution in [0.2, 0.25) is 0 Å². The lowest BCUT2D eigenvalue weighted by molar-refractivity contribution is 0.102. The van der Waals surface area contributed by atoms with Gasteiger partial charge in [-0.2, -0.15) is 0 Å². The van der Waals surface area contributed by atoms with Gasteiger partial charge < -0.3 is 15.4 Å². The second-order valence-corrected chi connectivity index (χ2v) is 8.27. The summed E-state index contributed by atoms with van der Waals surface area (Å²) in [5.41, 5.74) is 5.08. The second-order valence-electron chi connectivity index (χ2n) is 8.27. The molecule has 1 amide bonds. The molecule has 176 valence electrons. The van der Waals surface area contributed by atoms with E-state index in [9.17, 15) is 4.79 Å². The first-order chi connectivity index (χ1) is 17.6. The van der Waals surface area contributed by atoms with Crippen LogP contribution in [0, 0.1) is 6.92 Å². The van der Waals surface area contributed by atoms with Gasteiger partial charge in [0, 0.05) is 22.5 Å². The van der Waals surface area contributed by atoms with Gasteiger partial charge in [0.2, 0.25) is 0 Å². The summed E-state index contributed by atoms with van der Waals surface area (Å²) in [5.74, 6) is 1.89. The van der Waals surface area contributed by atoms with Crippen LogP contribution in [0.5, 0.6) is 11.5 Å². The summed E-state index contributed by atoms with van der Waals surface area (Å²) in [5, 5.41) is 14.7. The summed E-state index contributed by atoms with van der Waals surface area (Å²) in [6.45, 7) is 2.05. The number of aromatic nitrogens is 2. The Bertz CT molecular complexity index is 1430. The Morgan fingerprint density at radius 1 is 0.667 bits per heavy atom. The molecule has 4 aromatic carbocycles. The van der Waals surface area contributed by atoms with Gasteiger partial charge in [0.25, 0.3) is 5.91 Å². The molecule has 1 heterocycles. The number of ether oxygens (including phenoxy) is 1. The molecular weight excluding hydrogens is 448 g/mol. The van der Waals surface area contributed by atoms with Crippen molar-refractivity contribution in [1.29, 1.82) is 0 Å². The number of nitrogens with one attached hydrogen (secondary N) is 2. The smallest absolute Gasteiger partial charge is 0.255 e. The number of aryl methyl sites for hydroxylation is 1. The summed E-state index contributed by atoms with van der Waals surface area (Å²) < 4.78 is 5.79. The third kappa shape index (κ3) is 5.74. The first-order valence-corrected chi connectivity index (χ1v) is 11.5. The number of anilines is 3. The molecule has 0 aliphatic heterocycles. The minimum absolute atomic E-state index is 0.194. The summed E-state index contributed by atoms with van der Waals surface area (Å²) in [6, 6.07) is 36.0. The molecule has 0 spiro atoms. The van der Waals surface area contributed by atoms with Gasteiger partial charge in [-0.3, -0.25) is 4.79 Å². The third-order valence-corrected chi connectivity index (χ3v) is 5.52. The van der Waals surface area contributed by atoms with Gasteiger partial charge in [-0.1, -0.05) is 48.0 Å². The topological polar surface area (TPSA) is 76.1 Å². The van der Waals surface area contributed by atoms with E-state index in [1.54, 1.807) is 12.1 Å². The van der Waals surface area contributed by atoms with Crippen molar-refractivity contribution in [3.8, 4) is 22.8 Å². The van der Waals surface area contributed by atoms with Crippen molar-refractivity contribution >= 4 is 23.1 Å². The van der Waals surface area contributed by atoms with E-state index in [0.29, 0.717) is 22.8 Å². The summed E-state index contributed by atoms with van der Waals surface area (Å²) in [4.78, 5) is 12.7. The maximum atomic E-state index is 12.7. The number of nitrogens with zero attached hydrogens (tertiary/aromatic N) is 2. The quantitative estimate of drug-likeness (QED) is 0.261. The van der Waals surface area contributed by atoms with E-state index in [2.05, 4.69) is 39.9 Å². The molecule has 6 nitrogen and oxygen atoms in total. The van der Waals surface area contributed by atoms with Gasteiger partial charge in [-0.25, -0.2) is 0 Å². The standard InChI is InChI=1S/C30H24N4O2/c1-21-7-9-22(10-8-21)28-19-20-29(34-33-28)31-24-13-11-23(12-14-24)30(35)32-25-15-17-27(18-16-25)36-26-5-3-2-4-6-26/h2-20H,1H3,(H,31,34)(H,32,35). The second kappa shape index (κ2) is 10.5. The molecule has 6 heteroatoms. The number of hydrogen-bond donors (Lipinski definition) is 2. The highest BCUT2D eigenvalue weighted by Crippen LogP contribution is 2.23. The maximum Gasteiger partial charge on any atom is 0.255 e. The molecule has 5 rings (SSSR count). The van der Waals surface area contributed by atoms with Crippen molar-refractivity contribution in [2.45, 2.75) is 6.92 Å². The number of amides is 1. The molecule has 0 radical (unpaired) electrons. The van der Waals surface area contributed by atoms with Crippen LogP contribution in [0.15, 0.2) is 115 Å². The fraction of sp³-hybridized carbons (Fsp3) is 0.0333. The van der Waals surface area contributed by atoms with Crippen LogP contribution >= 0.6 is 0 Å². The van der Waals surface area contributed by atoms with E-state index >= 15 is 0 Å². The highest BCUT2D eigenvalue weighted by Gasteiger charge is 2.08. The Balaban J connectivity index is 1.17. The Labute approximate surface area is 209 Å². The lowest BCUT2D eigenvalue weighted by Gasteiger charge is -2.09. The van der Waals surface area contributed by atoms with Crippen LogP contribution in [0.3, 0.4) is 0 Å². The van der Waals surface area contributed by atoms with Gasteiger partial charge >= 0.3 is 0 Å². The fourth-order valence-corrected chi connectivity index (χ4v) is 3.56. The van der Waals surface area contributed by atoms with Gasteiger partial charge in [-0.05, 0) is 79.7 Å². The van der Waals surface area contributed by atoms with Gasteiger partial charge in [0.1, 0.15) is 11.5 Å². The van der Waals surface area contributed by atoms with E-state index in [0.717, 1.165) is 22.7 Å². The highest BCUT2D eigenvalue weighted by atomic mass is 16.5. The molecular formula is C30H24N4O2. The molecule has 1 aromatic heterocycles. The average Bonchev–Trinajstić information content (AvgIpc) is 2.92. The number of hydrogen-bond acceptors (Lipinski definition) is 5. The summed E-state index contributed by atoms with van der Waals surface area (Å²) in [7, 11) is 0. The van der Waals surface area contributed by atoms with E-state index in [1.165, 1.54) is 5.56 Å². The van der Waals surface area contributed by atoms with Gasteiger partial charge in [0.05, 0.1) is 5.69 Å². The Morgan fingerprint density at radius 3 is 2.00 bits per heavy atom. The van der Waals surface area contributed by atoms with Crippen molar-refractivity contribution in [2.75, 3.05) is 10.6 Å². The van der Waals surface area contributed by atoms with Crippen LogP contribution in [0.25, 0.3) is 11.3 Å². The fourth-order valence-electron chi connectivity index (χ4n) is 3.56. The molecule has 0 aliphatic rings. The molecule has 0 aliphatic carbocycles. The molecule has 0 saturated carbocycles. The molecule has 2 N–H and O–H groups in total. The summed E-state index contributed by atoms with van der Waals surface area (Å²) >= 11 is 0. The number of carbonyl (C=O) groups is 1. The van der Waals surface area contributed by atoms with E-state index in [4.69, 9.17) is 4.74 Å². The van der Waals surface area contributed by atoms with E-state index in [-0.39, 0.29) is 5.91 Å². The molecule has 0 saturated heterocycles. The van der Waals surface area contributed by atoms with Crippen molar-refractivity contribution in [2.24, 2.45) is 0 Å². The normalized spacial score (nSPS) is 10.5. The molecule has 36 heavy (non-hydrogen) atoms. The Hall–Kier alpha value is -4.97. The van der Waals surface area contributed by atoms with E-state index < -0.39 is 0 Å². The first kappa shape index (κ1) is 22.8. The number of carbonyl (C=O) groups excluding carboxylic acids is 1. The zero-order valence-electron chi connectivity index (χ0n) is 19.7. The van der Waals surface area contributed by atoms with Crippen LogP contribution in [-0.4, -0.2) is 16.1 Å². The molecule has 5 aromatic rings. The van der Waals surface area contributed by atoms with Crippen molar-refractivity contribution < 1.29 is 9.53 Å². The first-order valence-electron chi connectivity index (χ1n) is 11.5. The van der Waals surface area contributed by atoms with Crippen LogP contribution in [0.4, 0.5) is 17.2 Å². The predicted molar refractivity (Wildman–Crippen MR) is 143 cm³/mol. The predicted octanol–water partition coefficient (Wildman–Crippen LogP) is 7.24. The molecule has 0 atom stereocenters. The number of benzene rings is 4. The molecule has 0 bridgehead atoms. The van der Waals surface area contributed by atoms with Crippen LogP contribution < -0.4 is 15.4 Å². The SMILES string of the molecule is Cc1ccc(-c2ccc(Nc3ccc(C(=O)Nc4ccc(Oc5ccccc5)cc4)cc3)nn2)cc1. The minimum atomic E-state index is -0.194.